The number of hydrogen-bond donors (Lipinski definition) is 2. The fourth-order valence-electron chi connectivity index (χ4n) is 4.36. The summed E-state index contributed by atoms with van der Waals surface area (Å²) < 4.78 is 6.85. The largest absolute Gasteiger partial charge is 0.490 e. The van der Waals surface area contributed by atoms with Gasteiger partial charge in [-0.15, -0.1) is 11.3 Å². The lowest BCUT2D eigenvalue weighted by Gasteiger charge is -2.32. The molecule has 0 unspecified atom stereocenters. The van der Waals surface area contributed by atoms with Gasteiger partial charge < -0.3 is 20.1 Å². The second-order valence-electron chi connectivity index (χ2n) is 8.68. The molecule has 1 aromatic heterocycles. The SMILES string of the molecule is O=C(O)c1ccc(C(=O)N2CCC(Oc3ccccc3)CC2)cc1NC(=O)c1sc2ccccc2c1Cl. The summed E-state index contributed by atoms with van der Waals surface area (Å²) in [7, 11) is 0. The Morgan fingerprint density at radius 2 is 1.68 bits per heavy atom. The minimum absolute atomic E-state index is 0.0155. The molecule has 1 aliphatic rings. The molecule has 3 aromatic carbocycles. The van der Waals surface area contributed by atoms with Crippen molar-refractivity contribution in [2.24, 2.45) is 0 Å². The maximum absolute atomic E-state index is 13.2. The molecule has 1 saturated heterocycles. The Kier molecular flexibility index (Phi) is 7.12. The lowest BCUT2D eigenvalue weighted by molar-refractivity contribution is 0.0593. The number of likely N-dealkylation sites (tertiary alicyclic amines) is 1. The monoisotopic (exact) mass is 534 g/mol. The number of nitrogens with zero attached hydrogens (tertiary/aromatic N) is 1. The van der Waals surface area contributed by atoms with Gasteiger partial charge in [0.05, 0.1) is 16.3 Å². The van der Waals surface area contributed by atoms with E-state index in [2.05, 4.69) is 5.32 Å². The highest BCUT2D eigenvalue weighted by Crippen LogP contribution is 2.36. The van der Waals surface area contributed by atoms with Gasteiger partial charge in [-0.2, -0.15) is 0 Å². The molecule has 9 heteroatoms. The highest BCUT2D eigenvalue weighted by molar-refractivity contribution is 7.21. The van der Waals surface area contributed by atoms with E-state index in [1.165, 1.54) is 29.5 Å². The predicted molar refractivity (Wildman–Crippen MR) is 144 cm³/mol. The van der Waals surface area contributed by atoms with Crippen LogP contribution in [0.3, 0.4) is 0 Å². The second kappa shape index (κ2) is 10.6. The van der Waals surface area contributed by atoms with E-state index in [1.54, 1.807) is 4.90 Å². The first-order chi connectivity index (χ1) is 17.9. The number of para-hydroxylation sites is 1. The van der Waals surface area contributed by atoms with Crippen molar-refractivity contribution in [1.82, 2.24) is 4.90 Å². The number of anilines is 1. The third-order valence-electron chi connectivity index (χ3n) is 6.26. The molecule has 1 aliphatic heterocycles. The Hall–Kier alpha value is -3.88. The van der Waals surface area contributed by atoms with Crippen LogP contribution in [0.2, 0.25) is 5.02 Å². The molecule has 0 atom stereocenters. The fraction of sp³-hybridized carbons (Fsp3) is 0.179. The van der Waals surface area contributed by atoms with Crippen molar-refractivity contribution in [3.8, 4) is 5.75 Å². The van der Waals surface area contributed by atoms with Gasteiger partial charge in [0.1, 0.15) is 16.7 Å². The highest BCUT2D eigenvalue weighted by Gasteiger charge is 2.26. The Balaban J connectivity index is 1.31. The zero-order valence-corrected chi connectivity index (χ0v) is 21.2. The van der Waals surface area contributed by atoms with Gasteiger partial charge in [-0.1, -0.05) is 48.0 Å². The lowest BCUT2D eigenvalue weighted by Crippen LogP contribution is -2.41. The number of piperidine rings is 1. The molecule has 5 rings (SSSR count). The molecule has 188 valence electrons. The van der Waals surface area contributed by atoms with Crippen molar-refractivity contribution >= 4 is 56.5 Å². The van der Waals surface area contributed by atoms with Crippen LogP contribution in [0.25, 0.3) is 10.1 Å². The minimum atomic E-state index is -1.21. The van der Waals surface area contributed by atoms with Crippen LogP contribution in [0.5, 0.6) is 5.75 Å². The number of rotatable bonds is 6. The maximum Gasteiger partial charge on any atom is 0.337 e. The quantitative estimate of drug-likeness (QED) is 0.307. The Morgan fingerprint density at radius 1 is 0.973 bits per heavy atom. The zero-order valence-electron chi connectivity index (χ0n) is 19.6. The van der Waals surface area contributed by atoms with Crippen LogP contribution in [0.1, 0.15) is 43.2 Å². The topological polar surface area (TPSA) is 95.9 Å². The number of amides is 2. The van der Waals surface area contributed by atoms with E-state index in [0.29, 0.717) is 36.5 Å². The normalized spacial score (nSPS) is 13.9. The molecule has 0 bridgehead atoms. The molecular weight excluding hydrogens is 512 g/mol. The second-order valence-corrected chi connectivity index (χ2v) is 10.1. The molecule has 1 fully saturated rings. The number of ether oxygens (including phenoxy) is 1. The van der Waals surface area contributed by atoms with Crippen LogP contribution in [0.4, 0.5) is 5.69 Å². The van der Waals surface area contributed by atoms with Gasteiger partial charge in [0.25, 0.3) is 11.8 Å². The number of carboxylic acids is 1. The van der Waals surface area contributed by atoms with Crippen molar-refractivity contribution in [2.45, 2.75) is 18.9 Å². The van der Waals surface area contributed by atoms with Gasteiger partial charge in [-0.05, 0) is 36.4 Å². The third kappa shape index (κ3) is 5.30. The summed E-state index contributed by atoms with van der Waals surface area (Å²) in [6.07, 6.45) is 1.38. The van der Waals surface area contributed by atoms with Crippen molar-refractivity contribution in [2.75, 3.05) is 18.4 Å². The Labute approximate surface area is 222 Å². The average Bonchev–Trinajstić information content (AvgIpc) is 3.26. The van der Waals surface area contributed by atoms with Crippen molar-refractivity contribution in [1.29, 1.82) is 0 Å². The molecular formula is C28H23ClN2O5S. The molecule has 4 aromatic rings. The molecule has 2 amide bonds. The summed E-state index contributed by atoms with van der Waals surface area (Å²) in [5, 5.41) is 13.4. The molecule has 0 saturated carbocycles. The number of fused-ring (bicyclic) bond motifs is 1. The average molecular weight is 535 g/mol. The Morgan fingerprint density at radius 3 is 2.38 bits per heavy atom. The number of nitrogens with one attached hydrogen (secondary N) is 1. The van der Waals surface area contributed by atoms with E-state index >= 15 is 0 Å². The van der Waals surface area contributed by atoms with E-state index in [4.69, 9.17) is 16.3 Å². The van der Waals surface area contributed by atoms with Gasteiger partial charge >= 0.3 is 5.97 Å². The number of carboxylic acid groups (broad SMARTS) is 1. The van der Waals surface area contributed by atoms with Crippen LogP contribution in [-0.4, -0.2) is 47.0 Å². The van der Waals surface area contributed by atoms with E-state index < -0.39 is 11.9 Å². The molecule has 7 nitrogen and oxygen atoms in total. The van der Waals surface area contributed by atoms with E-state index in [1.807, 2.05) is 54.6 Å². The number of thiophene rings is 1. The third-order valence-corrected chi connectivity index (χ3v) is 7.94. The molecule has 0 radical (unpaired) electrons. The maximum atomic E-state index is 13.2. The van der Waals surface area contributed by atoms with Gasteiger partial charge in [0.15, 0.2) is 0 Å². The van der Waals surface area contributed by atoms with Crippen LogP contribution < -0.4 is 10.1 Å². The molecule has 37 heavy (non-hydrogen) atoms. The summed E-state index contributed by atoms with van der Waals surface area (Å²) in [5.41, 5.74) is 0.224. The summed E-state index contributed by atoms with van der Waals surface area (Å²) in [5.74, 6) is -1.17. The lowest BCUT2D eigenvalue weighted by atomic mass is 10.0. The van der Waals surface area contributed by atoms with Crippen LogP contribution in [0, 0.1) is 0 Å². The van der Waals surface area contributed by atoms with E-state index in [9.17, 15) is 19.5 Å². The van der Waals surface area contributed by atoms with Crippen molar-refractivity contribution in [3.63, 3.8) is 0 Å². The van der Waals surface area contributed by atoms with Gasteiger partial charge in [-0.3, -0.25) is 9.59 Å². The molecule has 0 aliphatic carbocycles. The van der Waals surface area contributed by atoms with Crippen LogP contribution in [-0.2, 0) is 0 Å². The first-order valence-electron chi connectivity index (χ1n) is 11.8. The van der Waals surface area contributed by atoms with E-state index in [0.717, 1.165) is 15.8 Å². The van der Waals surface area contributed by atoms with Crippen LogP contribution in [0.15, 0.2) is 72.8 Å². The molecule has 2 heterocycles. The van der Waals surface area contributed by atoms with Gasteiger partial charge in [0, 0.05) is 41.6 Å². The number of benzene rings is 3. The predicted octanol–water partition coefficient (Wildman–Crippen LogP) is 6.19. The summed E-state index contributed by atoms with van der Waals surface area (Å²) >= 11 is 7.65. The summed E-state index contributed by atoms with van der Waals surface area (Å²) in [4.78, 5) is 40.1. The number of halogens is 1. The summed E-state index contributed by atoms with van der Waals surface area (Å²) in [6, 6.07) is 21.2. The highest BCUT2D eigenvalue weighted by atomic mass is 35.5. The standard InChI is InChI=1S/C28H23ClN2O5S/c29-24-21-8-4-5-9-23(21)37-25(24)26(32)30-22-16-17(10-11-20(22)28(34)35)27(33)31-14-12-19(13-15-31)36-18-6-2-1-3-7-18/h1-11,16,19H,12-15H2,(H,30,32)(H,34,35). The zero-order chi connectivity index (χ0) is 25.9. The van der Waals surface area contributed by atoms with Gasteiger partial charge in [-0.25, -0.2) is 4.79 Å². The first kappa shape index (κ1) is 24.8. The number of carbonyl (C=O) groups is 3. The number of aromatic carboxylic acids is 1. The van der Waals surface area contributed by atoms with Crippen molar-refractivity contribution in [3.05, 3.63) is 93.8 Å². The molecule has 0 spiro atoms. The van der Waals surface area contributed by atoms with E-state index in [-0.39, 0.29) is 28.1 Å². The van der Waals surface area contributed by atoms with Crippen molar-refractivity contribution < 1.29 is 24.2 Å². The van der Waals surface area contributed by atoms with Crippen LogP contribution >= 0.6 is 22.9 Å². The fourth-order valence-corrected chi connectivity index (χ4v) is 5.77. The first-order valence-corrected chi connectivity index (χ1v) is 13.0. The minimum Gasteiger partial charge on any atom is -0.490 e. The Bertz CT molecular complexity index is 1480. The number of carbonyl (C=O) groups excluding carboxylic acids is 2. The molecule has 2 N–H and O–H groups in total. The number of hydrogen-bond acceptors (Lipinski definition) is 5. The summed E-state index contributed by atoms with van der Waals surface area (Å²) in [6.45, 7) is 1.02. The van der Waals surface area contributed by atoms with Gasteiger partial charge in [0.2, 0.25) is 0 Å². The smallest absolute Gasteiger partial charge is 0.337 e.